The second-order valence-corrected chi connectivity index (χ2v) is 5.04. The molecular formula is C15H11N3O6. The smallest absolute Gasteiger partial charge is 0.289 e. The number of benzene rings is 1. The number of carbonyl (C=O) groups is 2. The van der Waals surface area contributed by atoms with Crippen LogP contribution in [0, 0.1) is 20.2 Å². The van der Waals surface area contributed by atoms with Crippen molar-refractivity contribution in [3.8, 4) is 0 Å². The van der Waals surface area contributed by atoms with Crippen molar-refractivity contribution in [3.63, 3.8) is 0 Å². The summed E-state index contributed by atoms with van der Waals surface area (Å²) in [5, 5.41) is 21.8. The van der Waals surface area contributed by atoms with Crippen LogP contribution >= 0.6 is 0 Å². The van der Waals surface area contributed by atoms with Crippen molar-refractivity contribution in [3.05, 3.63) is 67.3 Å². The Morgan fingerprint density at radius 1 is 1.04 bits per heavy atom. The Morgan fingerprint density at radius 2 is 1.62 bits per heavy atom. The number of amides is 1. The molecule has 0 fully saturated rings. The molecule has 24 heavy (non-hydrogen) atoms. The monoisotopic (exact) mass is 329 g/mol. The molecule has 0 saturated heterocycles. The number of hydrogen-bond acceptors (Lipinski definition) is 6. The lowest BCUT2D eigenvalue weighted by Gasteiger charge is -2.11. The first-order valence-corrected chi connectivity index (χ1v) is 6.68. The van der Waals surface area contributed by atoms with Gasteiger partial charge in [0.25, 0.3) is 17.3 Å². The standard InChI is InChI=1S/C15H11N3O6/c1-8-5-11(19)6-9(2)14(8)16-15(20)12-4-3-10(17(21)22)7-13(12)18(23)24/h3-7H,1-2H3. The van der Waals surface area contributed by atoms with E-state index in [2.05, 4.69) is 4.99 Å². The van der Waals surface area contributed by atoms with Crippen LogP contribution in [-0.2, 0) is 4.79 Å². The van der Waals surface area contributed by atoms with Gasteiger partial charge < -0.3 is 0 Å². The first kappa shape index (κ1) is 16.9. The van der Waals surface area contributed by atoms with E-state index in [9.17, 15) is 29.8 Å². The highest BCUT2D eigenvalue weighted by Gasteiger charge is 2.25. The minimum absolute atomic E-state index is 0.238. The van der Waals surface area contributed by atoms with Crippen LogP contribution < -0.4 is 0 Å². The Balaban J connectivity index is 2.51. The van der Waals surface area contributed by atoms with Crippen molar-refractivity contribution in [1.29, 1.82) is 0 Å². The predicted octanol–water partition coefficient (Wildman–Crippen LogP) is 2.56. The molecule has 0 atom stereocenters. The quantitative estimate of drug-likeness (QED) is 0.475. The Labute approximate surface area is 135 Å². The molecule has 0 aliphatic heterocycles. The van der Waals surface area contributed by atoms with Crippen LogP contribution in [0.15, 0.2) is 46.5 Å². The minimum atomic E-state index is -0.915. The Hall–Kier alpha value is -3.49. The molecule has 122 valence electrons. The molecule has 0 spiro atoms. The summed E-state index contributed by atoms with van der Waals surface area (Å²) in [6.45, 7) is 3.18. The SMILES string of the molecule is CC1=CC(=O)C=C(C)C1=NC(=O)c1ccc([N+](=O)[O-])cc1[N+](=O)[O-]. The second-order valence-electron chi connectivity index (χ2n) is 5.04. The zero-order valence-corrected chi connectivity index (χ0v) is 12.7. The number of allylic oxidation sites excluding steroid dienone is 4. The van der Waals surface area contributed by atoms with Gasteiger partial charge in [0, 0.05) is 6.07 Å². The Bertz CT molecular complexity index is 855. The van der Waals surface area contributed by atoms with E-state index in [1.165, 1.54) is 12.2 Å². The van der Waals surface area contributed by atoms with Crippen molar-refractivity contribution >= 4 is 28.8 Å². The van der Waals surface area contributed by atoms with Gasteiger partial charge >= 0.3 is 0 Å². The van der Waals surface area contributed by atoms with Crippen LogP contribution in [0.3, 0.4) is 0 Å². The van der Waals surface area contributed by atoms with E-state index in [0.29, 0.717) is 17.2 Å². The zero-order chi connectivity index (χ0) is 18.0. The largest absolute Gasteiger partial charge is 0.290 e. The lowest BCUT2D eigenvalue weighted by molar-refractivity contribution is -0.394. The number of nitro groups is 2. The van der Waals surface area contributed by atoms with Crippen LogP contribution in [0.2, 0.25) is 0 Å². The van der Waals surface area contributed by atoms with E-state index in [4.69, 9.17) is 0 Å². The number of hydrogen-bond donors (Lipinski definition) is 0. The van der Waals surface area contributed by atoms with Crippen molar-refractivity contribution in [1.82, 2.24) is 0 Å². The highest BCUT2D eigenvalue weighted by molar-refractivity contribution is 6.25. The summed E-state index contributed by atoms with van der Waals surface area (Å²) in [5.74, 6) is -1.15. The lowest BCUT2D eigenvalue weighted by Crippen LogP contribution is -2.14. The van der Waals surface area contributed by atoms with Crippen molar-refractivity contribution in [2.45, 2.75) is 13.8 Å². The van der Waals surface area contributed by atoms with Gasteiger partial charge in [-0.1, -0.05) is 0 Å². The molecule has 0 saturated carbocycles. The molecule has 0 radical (unpaired) electrons. The molecule has 9 nitrogen and oxygen atoms in total. The molecule has 2 rings (SSSR count). The van der Waals surface area contributed by atoms with Gasteiger partial charge in [0.1, 0.15) is 5.56 Å². The first-order chi connectivity index (χ1) is 11.2. The molecule has 1 aromatic rings. The fourth-order valence-electron chi connectivity index (χ4n) is 2.22. The fourth-order valence-corrected chi connectivity index (χ4v) is 2.22. The van der Waals surface area contributed by atoms with E-state index in [0.717, 1.165) is 12.1 Å². The number of carbonyl (C=O) groups excluding carboxylic acids is 2. The van der Waals surface area contributed by atoms with Crippen molar-refractivity contribution in [2.24, 2.45) is 4.99 Å². The van der Waals surface area contributed by atoms with Crippen LogP contribution in [0.5, 0.6) is 0 Å². The molecule has 1 aromatic carbocycles. The summed E-state index contributed by atoms with van der Waals surface area (Å²) in [6.07, 6.45) is 2.59. The summed E-state index contributed by atoms with van der Waals surface area (Å²) >= 11 is 0. The summed E-state index contributed by atoms with van der Waals surface area (Å²) in [6, 6.07) is 2.70. The van der Waals surface area contributed by atoms with Gasteiger partial charge in [-0.15, -0.1) is 0 Å². The molecule has 1 aliphatic carbocycles. The van der Waals surface area contributed by atoms with Gasteiger partial charge in [-0.2, -0.15) is 0 Å². The minimum Gasteiger partial charge on any atom is -0.290 e. The Kier molecular flexibility index (Phi) is 4.45. The van der Waals surface area contributed by atoms with Gasteiger partial charge in [-0.05, 0) is 43.2 Å². The highest BCUT2D eigenvalue weighted by Crippen LogP contribution is 2.26. The number of non-ortho nitro benzene ring substituents is 1. The second kappa shape index (κ2) is 6.32. The summed E-state index contributed by atoms with van der Waals surface area (Å²) < 4.78 is 0. The average molecular weight is 329 g/mol. The molecule has 1 amide bonds. The zero-order valence-electron chi connectivity index (χ0n) is 12.7. The molecule has 0 unspecified atom stereocenters. The summed E-state index contributed by atoms with van der Waals surface area (Å²) in [7, 11) is 0. The van der Waals surface area contributed by atoms with Crippen LogP contribution in [0.4, 0.5) is 11.4 Å². The van der Waals surface area contributed by atoms with Gasteiger partial charge in [0.05, 0.1) is 21.6 Å². The van der Waals surface area contributed by atoms with Gasteiger partial charge in [0.2, 0.25) is 0 Å². The van der Waals surface area contributed by atoms with Crippen molar-refractivity contribution < 1.29 is 19.4 Å². The van der Waals surface area contributed by atoms with Crippen LogP contribution in [0.1, 0.15) is 24.2 Å². The van der Waals surface area contributed by atoms with Crippen LogP contribution in [0.25, 0.3) is 0 Å². The molecule has 0 N–H and O–H groups in total. The molecule has 1 aliphatic rings. The van der Waals surface area contributed by atoms with E-state index in [1.807, 2.05) is 0 Å². The molecule has 0 aromatic heterocycles. The fraction of sp³-hybridized carbons (Fsp3) is 0.133. The Morgan fingerprint density at radius 3 is 2.12 bits per heavy atom. The van der Waals surface area contributed by atoms with E-state index in [1.54, 1.807) is 13.8 Å². The first-order valence-electron chi connectivity index (χ1n) is 6.68. The summed E-state index contributed by atoms with van der Waals surface area (Å²) in [4.78, 5) is 47.6. The van der Waals surface area contributed by atoms with E-state index in [-0.39, 0.29) is 17.1 Å². The number of aliphatic imine (C=N–C) groups is 1. The molecular weight excluding hydrogens is 318 g/mol. The van der Waals surface area contributed by atoms with E-state index < -0.39 is 27.1 Å². The van der Waals surface area contributed by atoms with E-state index >= 15 is 0 Å². The third kappa shape index (κ3) is 3.29. The molecule has 9 heteroatoms. The maximum absolute atomic E-state index is 12.3. The third-order valence-corrected chi connectivity index (χ3v) is 3.30. The number of rotatable bonds is 3. The van der Waals surface area contributed by atoms with Gasteiger partial charge in [-0.3, -0.25) is 29.8 Å². The highest BCUT2D eigenvalue weighted by atomic mass is 16.6. The lowest BCUT2D eigenvalue weighted by atomic mass is 9.97. The normalized spacial score (nSPS) is 13.9. The maximum atomic E-state index is 12.3. The van der Waals surface area contributed by atoms with Gasteiger partial charge in [-0.25, -0.2) is 4.99 Å². The number of ketones is 1. The predicted molar refractivity (Wildman–Crippen MR) is 84.0 cm³/mol. The third-order valence-electron chi connectivity index (χ3n) is 3.30. The van der Waals surface area contributed by atoms with Crippen LogP contribution in [-0.4, -0.2) is 27.2 Å². The average Bonchev–Trinajstić information content (AvgIpc) is 2.49. The molecule has 0 heterocycles. The van der Waals surface area contributed by atoms with Gasteiger partial charge in [0.15, 0.2) is 5.78 Å². The number of nitro benzene ring substituents is 2. The van der Waals surface area contributed by atoms with Crippen molar-refractivity contribution in [2.75, 3.05) is 0 Å². The number of nitrogens with zero attached hydrogens (tertiary/aromatic N) is 3. The topological polar surface area (TPSA) is 133 Å². The molecule has 0 bridgehead atoms. The summed E-state index contributed by atoms with van der Waals surface area (Å²) in [5.41, 5.74) is -0.409. The maximum Gasteiger partial charge on any atom is 0.289 e.